The maximum Gasteiger partial charge on any atom is 0.435 e. The van der Waals surface area contributed by atoms with Gasteiger partial charge in [0.15, 0.2) is 5.69 Å². The van der Waals surface area contributed by atoms with E-state index in [9.17, 15) is 23.1 Å². The highest BCUT2D eigenvalue weighted by Gasteiger charge is 2.37. The lowest BCUT2D eigenvalue weighted by atomic mass is 10.0. The molecule has 0 saturated heterocycles. The molecule has 2 aromatic carbocycles. The number of nitrogens with zero attached hydrogens (tertiary/aromatic N) is 2. The number of aliphatic hydroxyl groups is 1. The SMILES string of the molecule is O=C(NC1CCc2cc(Cn3cc(CO)c(C(F)(F)F)n3)ccc21)OCc1ccccc1. The second kappa shape index (κ2) is 9.04. The minimum Gasteiger partial charge on any atom is -0.445 e. The number of benzene rings is 2. The lowest BCUT2D eigenvalue weighted by molar-refractivity contribution is -0.142. The number of hydrogen-bond donors (Lipinski definition) is 2. The van der Waals surface area contributed by atoms with Crippen molar-refractivity contribution in [3.8, 4) is 0 Å². The third-order valence-corrected chi connectivity index (χ3v) is 5.41. The summed E-state index contributed by atoms with van der Waals surface area (Å²) in [4.78, 5) is 12.2. The number of ether oxygens (including phenoxy) is 1. The third kappa shape index (κ3) is 4.94. The smallest absolute Gasteiger partial charge is 0.435 e. The summed E-state index contributed by atoms with van der Waals surface area (Å²) in [6.07, 6.45) is -2.45. The average Bonchev–Trinajstić information content (AvgIpc) is 3.37. The Hall–Kier alpha value is -3.33. The number of hydrogen-bond acceptors (Lipinski definition) is 4. The van der Waals surface area contributed by atoms with Crippen molar-refractivity contribution in [2.24, 2.45) is 0 Å². The fourth-order valence-electron chi connectivity index (χ4n) is 3.91. The molecule has 4 rings (SSSR count). The number of alkyl carbamates (subject to hydrolysis) is 1. The van der Waals surface area contributed by atoms with E-state index in [0.717, 1.165) is 28.7 Å². The number of fused-ring (bicyclic) bond motifs is 1. The van der Waals surface area contributed by atoms with Crippen molar-refractivity contribution in [3.63, 3.8) is 0 Å². The van der Waals surface area contributed by atoms with Crippen LogP contribution in [-0.2, 0) is 37.1 Å². The lowest BCUT2D eigenvalue weighted by Gasteiger charge is -2.15. The Labute approximate surface area is 182 Å². The Morgan fingerprint density at radius 2 is 1.97 bits per heavy atom. The molecule has 1 aromatic heterocycles. The molecule has 2 N–H and O–H groups in total. The Morgan fingerprint density at radius 3 is 2.66 bits per heavy atom. The zero-order valence-electron chi connectivity index (χ0n) is 17.1. The fraction of sp³-hybridized carbons (Fsp3) is 0.304. The molecule has 1 atom stereocenters. The fourth-order valence-corrected chi connectivity index (χ4v) is 3.91. The van der Waals surface area contributed by atoms with Crippen molar-refractivity contribution in [1.82, 2.24) is 15.1 Å². The predicted octanol–water partition coefficient (Wildman–Crippen LogP) is 4.36. The van der Waals surface area contributed by atoms with Gasteiger partial charge in [0.25, 0.3) is 0 Å². The average molecular weight is 445 g/mol. The largest absolute Gasteiger partial charge is 0.445 e. The van der Waals surface area contributed by atoms with Crippen LogP contribution in [0.25, 0.3) is 0 Å². The van der Waals surface area contributed by atoms with E-state index < -0.39 is 24.6 Å². The number of halogens is 3. The van der Waals surface area contributed by atoms with Crippen LogP contribution in [0.3, 0.4) is 0 Å². The first-order chi connectivity index (χ1) is 15.3. The zero-order valence-corrected chi connectivity index (χ0v) is 17.1. The van der Waals surface area contributed by atoms with Gasteiger partial charge < -0.3 is 15.2 Å². The molecule has 0 fully saturated rings. The van der Waals surface area contributed by atoms with Crippen molar-refractivity contribution in [1.29, 1.82) is 0 Å². The molecule has 0 bridgehead atoms. The van der Waals surface area contributed by atoms with Gasteiger partial charge in [-0.3, -0.25) is 4.68 Å². The summed E-state index contributed by atoms with van der Waals surface area (Å²) in [7, 11) is 0. The molecule has 168 valence electrons. The molecule has 0 saturated carbocycles. The van der Waals surface area contributed by atoms with Crippen LogP contribution in [-0.4, -0.2) is 21.0 Å². The first kappa shape index (κ1) is 21.9. The first-order valence-electron chi connectivity index (χ1n) is 10.2. The lowest BCUT2D eigenvalue weighted by Crippen LogP contribution is -2.27. The number of aryl methyl sites for hydroxylation is 1. The summed E-state index contributed by atoms with van der Waals surface area (Å²) >= 11 is 0. The summed E-state index contributed by atoms with van der Waals surface area (Å²) in [5.74, 6) is 0. The minimum absolute atomic E-state index is 0.146. The molecule has 3 aromatic rings. The van der Waals surface area contributed by atoms with Gasteiger partial charge in [-0.05, 0) is 35.1 Å². The molecule has 0 spiro atoms. The maximum atomic E-state index is 13.0. The summed E-state index contributed by atoms with van der Waals surface area (Å²) in [6.45, 7) is -0.398. The highest BCUT2D eigenvalue weighted by atomic mass is 19.4. The standard InChI is InChI=1S/C23H22F3N3O3/c24-23(25,26)21-18(13-30)12-29(28-21)11-16-6-8-19-17(10-16)7-9-20(19)27-22(31)32-14-15-4-2-1-3-5-15/h1-6,8,10,12,20,30H,7,9,11,13-14H2,(H,27,31). The number of alkyl halides is 3. The number of aromatic nitrogens is 2. The second-order valence-corrected chi connectivity index (χ2v) is 7.69. The molecule has 1 amide bonds. The minimum atomic E-state index is -4.62. The van der Waals surface area contributed by atoms with E-state index in [-0.39, 0.29) is 24.8 Å². The van der Waals surface area contributed by atoms with Crippen LogP contribution in [0, 0.1) is 0 Å². The van der Waals surface area contributed by atoms with Gasteiger partial charge in [0.05, 0.1) is 19.2 Å². The topological polar surface area (TPSA) is 76.4 Å². The van der Waals surface area contributed by atoms with E-state index in [1.807, 2.05) is 48.5 Å². The van der Waals surface area contributed by atoms with Crippen LogP contribution in [0.4, 0.5) is 18.0 Å². The Morgan fingerprint density at radius 1 is 1.19 bits per heavy atom. The monoisotopic (exact) mass is 445 g/mol. The van der Waals surface area contributed by atoms with Crippen molar-refractivity contribution in [3.05, 3.63) is 88.2 Å². The highest BCUT2D eigenvalue weighted by molar-refractivity contribution is 5.68. The quantitative estimate of drug-likeness (QED) is 0.591. The molecule has 1 heterocycles. The van der Waals surface area contributed by atoms with Crippen LogP contribution in [0.2, 0.25) is 0 Å². The van der Waals surface area contributed by atoms with E-state index in [1.54, 1.807) is 0 Å². The first-order valence-corrected chi connectivity index (χ1v) is 10.2. The number of aliphatic hydroxyl groups excluding tert-OH is 1. The van der Waals surface area contributed by atoms with Gasteiger partial charge in [0.1, 0.15) is 6.61 Å². The maximum absolute atomic E-state index is 13.0. The number of carbonyl (C=O) groups excluding carboxylic acids is 1. The van der Waals surface area contributed by atoms with Gasteiger partial charge in [0, 0.05) is 11.8 Å². The number of nitrogens with one attached hydrogen (secondary N) is 1. The molecule has 32 heavy (non-hydrogen) atoms. The van der Waals surface area contributed by atoms with Gasteiger partial charge >= 0.3 is 12.3 Å². The second-order valence-electron chi connectivity index (χ2n) is 7.69. The van der Waals surface area contributed by atoms with E-state index in [2.05, 4.69) is 10.4 Å². The van der Waals surface area contributed by atoms with Crippen molar-refractivity contribution < 1.29 is 27.8 Å². The number of amides is 1. The Bertz CT molecular complexity index is 1100. The molecule has 1 unspecified atom stereocenters. The van der Waals surface area contributed by atoms with E-state index in [4.69, 9.17) is 4.74 Å². The third-order valence-electron chi connectivity index (χ3n) is 5.41. The molecule has 6 nitrogen and oxygen atoms in total. The van der Waals surface area contributed by atoms with E-state index in [1.165, 1.54) is 10.9 Å². The molecule has 0 radical (unpaired) electrons. The number of rotatable bonds is 6. The highest BCUT2D eigenvalue weighted by Crippen LogP contribution is 2.33. The summed E-state index contributed by atoms with van der Waals surface area (Å²) in [5, 5.41) is 15.7. The molecule has 1 aliphatic rings. The molecule has 0 aliphatic heterocycles. The van der Waals surface area contributed by atoms with Crippen LogP contribution >= 0.6 is 0 Å². The molecular formula is C23H22F3N3O3. The normalized spacial score (nSPS) is 15.4. The van der Waals surface area contributed by atoms with Crippen LogP contribution in [0.5, 0.6) is 0 Å². The predicted molar refractivity (Wildman–Crippen MR) is 110 cm³/mol. The van der Waals surface area contributed by atoms with Gasteiger partial charge in [-0.2, -0.15) is 18.3 Å². The van der Waals surface area contributed by atoms with Crippen molar-refractivity contribution in [2.45, 2.75) is 44.8 Å². The van der Waals surface area contributed by atoms with E-state index >= 15 is 0 Å². The molecular weight excluding hydrogens is 423 g/mol. The van der Waals surface area contributed by atoms with Crippen LogP contribution < -0.4 is 5.32 Å². The van der Waals surface area contributed by atoms with Gasteiger partial charge in [-0.25, -0.2) is 4.79 Å². The Balaban J connectivity index is 1.39. The Kier molecular flexibility index (Phi) is 6.18. The van der Waals surface area contributed by atoms with Crippen molar-refractivity contribution in [2.75, 3.05) is 0 Å². The zero-order chi connectivity index (χ0) is 22.7. The number of carbonyl (C=O) groups is 1. The van der Waals surface area contributed by atoms with Gasteiger partial charge in [-0.1, -0.05) is 48.5 Å². The van der Waals surface area contributed by atoms with E-state index in [0.29, 0.717) is 6.42 Å². The van der Waals surface area contributed by atoms with Gasteiger partial charge in [-0.15, -0.1) is 0 Å². The summed E-state index contributed by atoms with van der Waals surface area (Å²) < 4.78 is 45.6. The molecule has 1 aliphatic carbocycles. The molecule has 9 heteroatoms. The van der Waals surface area contributed by atoms with Crippen molar-refractivity contribution >= 4 is 6.09 Å². The summed E-state index contributed by atoms with van der Waals surface area (Å²) in [5.41, 5.74) is 2.36. The van der Waals surface area contributed by atoms with Crippen LogP contribution in [0.15, 0.2) is 54.7 Å². The van der Waals surface area contributed by atoms with Crippen LogP contribution in [0.1, 0.15) is 46.0 Å². The van der Waals surface area contributed by atoms with Gasteiger partial charge in [0.2, 0.25) is 0 Å². The summed E-state index contributed by atoms with van der Waals surface area (Å²) in [6, 6.07) is 14.8.